The number of nitriles is 2. The third-order valence-electron chi connectivity index (χ3n) is 10.8. The molecule has 2 aromatic heterocycles. The van der Waals surface area contributed by atoms with Gasteiger partial charge in [0.2, 0.25) is 5.91 Å². The van der Waals surface area contributed by atoms with Crippen LogP contribution in [-0.4, -0.2) is 33.0 Å². The SMILES string of the molecule is CCN1C(=O)[C@]2(c3cc(Cl)ccc31)C(Cc1c[nH]c3ccccc13)NC1(c3cc(Cl)ccc3-n3c1nc1ccccc1c3=O)C2(C#N)C#N. The maximum atomic E-state index is 15.4. The number of hydrogen-bond donors (Lipinski definition) is 2. The minimum Gasteiger partial charge on any atom is -0.361 e. The summed E-state index contributed by atoms with van der Waals surface area (Å²) in [6, 6.07) is 29.0. The Balaban J connectivity index is 1.46. The Kier molecular flexibility index (Phi) is 6.08. The molecule has 238 valence electrons. The molecule has 0 radical (unpaired) electrons. The molecule has 3 aliphatic rings. The van der Waals surface area contributed by atoms with Crippen LogP contribution >= 0.6 is 23.2 Å². The number of carbonyl (C=O) groups excluding carboxylic acids is 1. The van der Waals surface area contributed by atoms with Crippen molar-refractivity contribution in [3.8, 4) is 17.8 Å². The second-order valence-corrected chi connectivity index (χ2v) is 13.6. The first-order valence-electron chi connectivity index (χ1n) is 15.9. The maximum Gasteiger partial charge on any atom is 0.266 e. The molecule has 3 atom stereocenters. The van der Waals surface area contributed by atoms with Crippen molar-refractivity contribution in [3.05, 3.63) is 134 Å². The number of H-pyrrole nitrogens is 1. The van der Waals surface area contributed by atoms with E-state index in [4.69, 9.17) is 28.2 Å². The summed E-state index contributed by atoms with van der Waals surface area (Å²) in [5.41, 5.74) is -2.12. The molecular formula is C38H25Cl2N7O2. The highest BCUT2D eigenvalue weighted by Gasteiger charge is 2.82. The Hall–Kier alpha value is -5.45. The molecule has 0 aliphatic carbocycles. The van der Waals surface area contributed by atoms with Crippen LogP contribution in [0, 0.1) is 28.1 Å². The third kappa shape index (κ3) is 3.35. The van der Waals surface area contributed by atoms with Crippen LogP contribution in [0.2, 0.25) is 10.0 Å². The molecule has 0 bridgehead atoms. The maximum absolute atomic E-state index is 15.4. The number of fused-ring (bicyclic) bond motifs is 9. The number of halogens is 2. The van der Waals surface area contributed by atoms with Crippen molar-refractivity contribution in [1.29, 1.82) is 10.5 Å². The molecule has 49 heavy (non-hydrogen) atoms. The van der Waals surface area contributed by atoms with Crippen molar-refractivity contribution in [2.45, 2.75) is 30.3 Å². The summed E-state index contributed by atoms with van der Waals surface area (Å²) >= 11 is 13.4. The zero-order valence-corrected chi connectivity index (χ0v) is 27.5. The predicted molar refractivity (Wildman–Crippen MR) is 187 cm³/mol. The second-order valence-electron chi connectivity index (χ2n) is 12.8. The highest BCUT2D eigenvalue weighted by Crippen LogP contribution is 2.68. The van der Waals surface area contributed by atoms with Crippen LogP contribution in [0.3, 0.4) is 0 Å². The lowest BCUT2D eigenvalue weighted by molar-refractivity contribution is -0.125. The smallest absolute Gasteiger partial charge is 0.266 e. The van der Waals surface area contributed by atoms with Crippen molar-refractivity contribution in [2.75, 3.05) is 11.4 Å². The molecule has 2 N–H and O–H groups in total. The van der Waals surface area contributed by atoms with Gasteiger partial charge in [0.15, 0.2) is 5.41 Å². The lowest BCUT2D eigenvalue weighted by Gasteiger charge is -2.40. The monoisotopic (exact) mass is 681 g/mol. The number of likely N-dealkylation sites (N-methyl/N-ethyl adjacent to an activating group) is 1. The Morgan fingerprint density at radius 1 is 0.878 bits per heavy atom. The van der Waals surface area contributed by atoms with Crippen molar-refractivity contribution in [1.82, 2.24) is 19.9 Å². The first-order chi connectivity index (χ1) is 23.8. The first kappa shape index (κ1) is 29.7. The van der Waals surface area contributed by atoms with E-state index in [0.29, 0.717) is 43.4 Å². The number of nitrogens with zero attached hydrogens (tertiary/aromatic N) is 5. The molecule has 5 heterocycles. The molecule has 1 saturated heterocycles. The van der Waals surface area contributed by atoms with Gasteiger partial charge in [0.1, 0.15) is 16.8 Å². The van der Waals surface area contributed by atoms with E-state index >= 15 is 4.79 Å². The third-order valence-corrected chi connectivity index (χ3v) is 11.3. The number of anilines is 1. The molecule has 1 amide bonds. The summed E-state index contributed by atoms with van der Waals surface area (Å²) in [5, 5.41) is 29.1. The van der Waals surface area contributed by atoms with E-state index in [-0.39, 0.29) is 24.3 Å². The number of para-hydroxylation sites is 2. The quantitative estimate of drug-likeness (QED) is 0.226. The molecule has 4 aromatic carbocycles. The van der Waals surface area contributed by atoms with E-state index in [1.807, 2.05) is 37.4 Å². The summed E-state index contributed by atoms with van der Waals surface area (Å²) in [5.74, 6) is -0.265. The van der Waals surface area contributed by atoms with Gasteiger partial charge in [-0.3, -0.25) is 19.5 Å². The van der Waals surface area contributed by atoms with Crippen molar-refractivity contribution in [3.63, 3.8) is 0 Å². The van der Waals surface area contributed by atoms with Crippen LogP contribution < -0.4 is 15.8 Å². The molecule has 11 heteroatoms. The summed E-state index contributed by atoms with van der Waals surface area (Å²) in [7, 11) is 0. The number of benzene rings is 4. The van der Waals surface area contributed by atoms with Gasteiger partial charge in [-0.05, 0) is 79.1 Å². The van der Waals surface area contributed by atoms with Gasteiger partial charge in [0.25, 0.3) is 5.56 Å². The number of nitrogens with one attached hydrogen (secondary N) is 2. The number of aromatic nitrogens is 3. The van der Waals surface area contributed by atoms with Crippen LogP contribution in [0.5, 0.6) is 0 Å². The van der Waals surface area contributed by atoms with Gasteiger partial charge in [-0.2, -0.15) is 10.5 Å². The lowest BCUT2D eigenvalue weighted by Crippen LogP contribution is -2.58. The summed E-state index contributed by atoms with van der Waals surface area (Å²) in [6.45, 7) is 2.14. The minimum absolute atomic E-state index is 0.142. The standard InChI is InChI=1S/C38H25Cl2N7O2/c1-2-46-30-13-11-22(39)16-26(30)37(35(46)49)32(15-21-18-43-28-9-5-3-7-24(21)28)45-38(36(37,19-41)20-42)27-17-23(40)12-14-31(27)47-33(48)25-8-4-6-10-29(25)44-34(38)47/h3-14,16-18,32,43,45H,2,15H2,1H3/t32?,37-,38?/m0/s1. The van der Waals surface area contributed by atoms with E-state index in [1.165, 1.54) is 4.57 Å². The molecule has 1 fully saturated rings. The molecule has 9 nitrogen and oxygen atoms in total. The average molecular weight is 683 g/mol. The predicted octanol–water partition coefficient (Wildman–Crippen LogP) is 6.28. The van der Waals surface area contributed by atoms with E-state index in [0.717, 1.165) is 16.5 Å². The molecule has 6 aromatic rings. The molecular weight excluding hydrogens is 657 g/mol. The normalized spacial score (nSPS) is 22.8. The van der Waals surface area contributed by atoms with Crippen LogP contribution in [0.15, 0.2) is 95.9 Å². The lowest BCUT2D eigenvalue weighted by atomic mass is 9.53. The number of rotatable bonds is 3. The fourth-order valence-corrected chi connectivity index (χ4v) is 9.23. The highest BCUT2D eigenvalue weighted by atomic mass is 35.5. The first-order valence-corrected chi connectivity index (χ1v) is 16.6. The topological polar surface area (TPSA) is 131 Å². The van der Waals surface area contributed by atoms with Gasteiger partial charge < -0.3 is 9.88 Å². The molecule has 3 aliphatic heterocycles. The minimum atomic E-state index is -2.21. The van der Waals surface area contributed by atoms with E-state index in [9.17, 15) is 15.3 Å². The van der Waals surface area contributed by atoms with Crippen LogP contribution in [-0.2, 0) is 22.2 Å². The van der Waals surface area contributed by atoms with Crippen molar-refractivity contribution < 1.29 is 4.79 Å². The number of hydrogen-bond acceptors (Lipinski definition) is 6. The van der Waals surface area contributed by atoms with E-state index in [1.54, 1.807) is 65.6 Å². The second kappa shape index (κ2) is 10.0. The van der Waals surface area contributed by atoms with Gasteiger partial charge in [0, 0.05) is 51.0 Å². The van der Waals surface area contributed by atoms with Crippen LogP contribution in [0.4, 0.5) is 5.69 Å². The van der Waals surface area contributed by atoms with E-state index < -0.39 is 28.3 Å². The Labute approximate surface area is 289 Å². The zero-order valence-electron chi connectivity index (χ0n) is 26.0. The number of amides is 1. The van der Waals surface area contributed by atoms with Crippen LogP contribution in [0.1, 0.15) is 29.4 Å². The average Bonchev–Trinajstić information content (AvgIpc) is 3.79. The molecule has 2 unspecified atom stereocenters. The highest BCUT2D eigenvalue weighted by molar-refractivity contribution is 6.31. The van der Waals surface area contributed by atoms with Gasteiger partial charge in [-0.1, -0.05) is 53.5 Å². The molecule has 2 spiro atoms. The van der Waals surface area contributed by atoms with Gasteiger partial charge >= 0.3 is 0 Å². The van der Waals surface area contributed by atoms with Gasteiger partial charge in [-0.15, -0.1) is 0 Å². The summed E-state index contributed by atoms with van der Waals surface area (Å²) < 4.78 is 1.46. The summed E-state index contributed by atoms with van der Waals surface area (Å²) in [6.07, 6.45) is 2.13. The zero-order chi connectivity index (χ0) is 33.9. The molecule has 9 rings (SSSR count). The number of carbonyl (C=O) groups is 1. The fourth-order valence-electron chi connectivity index (χ4n) is 8.88. The Morgan fingerprint density at radius 2 is 1.55 bits per heavy atom. The van der Waals surface area contributed by atoms with Crippen molar-refractivity contribution in [2.24, 2.45) is 5.41 Å². The van der Waals surface area contributed by atoms with Crippen LogP contribution in [0.25, 0.3) is 27.5 Å². The van der Waals surface area contributed by atoms with Gasteiger partial charge in [0.05, 0.1) is 28.7 Å². The van der Waals surface area contributed by atoms with Crippen molar-refractivity contribution >= 4 is 56.6 Å². The largest absolute Gasteiger partial charge is 0.361 e. The summed E-state index contributed by atoms with van der Waals surface area (Å²) in [4.78, 5) is 39.8. The Bertz CT molecular complexity index is 2580. The fraction of sp³-hybridized carbons (Fsp3) is 0.184. The number of aromatic amines is 1. The van der Waals surface area contributed by atoms with E-state index in [2.05, 4.69) is 22.4 Å². The Morgan fingerprint density at radius 3 is 2.29 bits per heavy atom. The van der Waals surface area contributed by atoms with Gasteiger partial charge in [-0.25, -0.2) is 4.98 Å². The molecule has 0 saturated carbocycles.